The number of carbonyl (C=O) groups is 3. The van der Waals surface area contributed by atoms with Crippen LogP contribution >= 0.6 is 0 Å². The van der Waals surface area contributed by atoms with Crippen LogP contribution < -0.4 is 15.8 Å². The average Bonchev–Trinajstić information content (AvgIpc) is 2.92. The molecule has 0 bridgehead atoms. The van der Waals surface area contributed by atoms with Gasteiger partial charge in [-0.1, -0.05) is 31.5 Å². The topological polar surface area (TPSA) is 117 Å². The summed E-state index contributed by atoms with van der Waals surface area (Å²) in [6.45, 7) is 3.67. The van der Waals surface area contributed by atoms with Crippen LogP contribution in [0, 0.1) is 0 Å². The molecule has 2 aliphatic rings. The number of hydrogen-bond acceptors (Lipinski definition) is 7. The number of hydrogen-bond donors (Lipinski definition) is 2. The first-order chi connectivity index (χ1) is 13.4. The molecule has 1 aromatic rings. The van der Waals surface area contributed by atoms with Crippen LogP contribution in [0.3, 0.4) is 0 Å². The molecule has 8 nitrogen and oxygen atoms in total. The number of unbranched alkanes of at least 4 members (excludes halogenated alkanes) is 1. The first-order valence-corrected chi connectivity index (χ1v) is 8.95. The van der Waals surface area contributed by atoms with Gasteiger partial charge in [0.1, 0.15) is 16.7 Å². The number of esters is 2. The minimum Gasteiger partial charge on any atom is -0.466 e. The van der Waals surface area contributed by atoms with Crippen LogP contribution in [0.5, 0.6) is 5.75 Å². The van der Waals surface area contributed by atoms with Crippen molar-refractivity contribution in [1.82, 2.24) is 5.32 Å². The van der Waals surface area contributed by atoms with E-state index in [1.807, 2.05) is 6.92 Å². The first-order valence-electron chi connectivity index (χ1n) is 8.95. The van der Waals surface area contributed by atoms with Crippen molar-refractivity contribution in [3.63, 3.8) is 0 Å². The zero-order valence-electron chi connectivity index (χ0n) is 16.0. The molecule has 1 spiro atoms. The summed E-state index contributed by atoms with van der Waals surface area (Å²) in [6.07, 6.45) is 1.47. The summed E-state index contributed by atoms with van der Waals surface area (Å²) in [4.78, 5) is 38.9. The van der Waals surface area contributed by atoms with Gasteiger partial charge in [-0.15, -0.1) is 0 Å². The van der Waals surface area contributed by atoms with E-state index in [1.54, 1.807) is 31.2 Å². The van der Waals surface area contributed by atoms with Gasteiger partial charge in [-0.3, -0.25) is 4.79 Å². The maximum absolute atomic E-state index is 13.2. The number of allylic oxidation sites excluding steroid dienone is 1. The maximum atomic E-state index is 13.2. The fraction of sp³-hybridized carbons (Fsp3) is 0.350. The molecule has 2 aliphatic heterocycles. The molecule has 1 amide bonds. The minimum atomic E-state index is -1.81. The Morgan fingerprint density at radius 1 is 1.21 bits per heavy atom. The molecule has 3 rings (SSSR count). The highest BCUT2D eigenvalue weighted by Crippen LogP contribution is 2.51. The number of nitrogens with two attached hydrogens (primary N) is 1. The third-order valence-corrected chi connectivity index (χ3v) is 4.85. The number of fused-ring (bicyclic) bond motifs is 2. The van der Waals surface area contributed by atoms with Gasteiger partial charge in [0.25, 0.3) is 0 Å². The molecule has 3 N–H and O–H groups in total. The van der Waals surface area contributed by atoms with Gasteiger partial charge in [-0.05, 0) is 19.4 Å². The Morgan fingerprint density at radius 3 is 2.61 bits per heavy atom. The molecule has 0 aromatic heterocycles. The van der Waals surface area contributed by atoms with Crippen molar-refractivity contribution < 1.29 is 28.6 Å². The number of rotatable bonds is 5. The van der Waals surface area contributed by atoms with E-state index in [1.165, 1.54) is 7.11 Å². The van der Waals surface area contributed by atoms with Gasteiger partial charge in [-0.2, -0.15) is 0 Å². The van der Waals surface area contributed by atoms with Crippen LogP contribution in [0.1, 0.15) is 32.3 Å². The van der Waals surface area contributed by atoms with E-state index in [4.69, 9.17) is 19.9 Å². The Kier molecular flexibility index (Phi) is 5.13. The molecule has 0 saturated heterocycles. The molecular formula is C20H22N2O6. The van der Waals surface area contributed by atoms with Gasteiger partial charge in [0, 0.05) is 11.3 Å². The van der Waals surface area contributed by atoms with Gasteiger partial charge in [0.05, 0.1) is 19.3 Å². The molecule has 28 heavy (non-hydrogen) atoms. The maximum Gasteiger partial charge on any atom is 0.341 e. The van der Waals surface area contributed by atoms with Crippen LogP contribution in [0.25, 0.3) is 0 Å². The van der Waals surface area contributed by atoms with Crippen LogP contribution in [0.15, 0.2) is 47.0 Å². The lowest BCUT2D eigenvalue weighted by Gasteiger charge is -2.35. The fourth-order valence-corrected chi connectivity index (χ4v) is 3.61. The fourth-order valence-electron chi connectivity index (χ4n) is 3.61. The standard InChI is InChI=1S/C20H22N2O6/c1-4-5-10-27-18(24)15-16(21)28-13-9-7-6-8-12(13)20(15)14(17(23)26-3)11(2)22-19(20)25/h6-9H,4-5,10,21H2,1-3H3,(H,22,25). The molecule has 0 radical (unpaired) electrons. The van der Waals surface area contributed by atoms with Crippen molar-refractivity contribution in [2.75, 3.05) is 13.7 Å². The molecule has 0 saturated carbocycles. The van der Waals surface area contributed by atoms with Gasteiger partial charge in [-0.25, -0.2) is 9.59 Å². The number of amides is 1. The summed E-state index contributed by atoms with van der Waals surface area (Å²) in [5, 5.41) is 2.64. The highest BCUT2D eigenvalue weighted by Gasteiger charge is 2.61. The lowest BCUT2D eigenvalue weighted by atomic mass is 9.67. The Morgan fingerprint density at radius 2 is 1.93 bits per heavy atom. The summed E-state index contributed by atoms with van der Waals surface area (Å²) in [6, 6.07) is 6.61. The third-order valence-electron chi connectivity index (χ3n) is 4.85. The number of nitrogens with one attached hydrogen (secondary N) is 1. The summed E-state index contributed by atoms with van der Waals surface area (Å²) in [7, 11) is 1.21. The monoisotopic (exact) mass is 386 g/mol. The lowest BCUT2D eigenvalue weighted by molar-refractivity contribution is -0.142. The Bertz CT molecular complexity index is 917. The smallest absolute Gasteiger partial charge is 0.341 e. The first kappa shape index (κ1) is 19.5. The van der Waals surface area contributed by atoms with Gasteiger partial charge >= 0.3 is 11.9 Å². The number of carbonyl (C=O) groups excluding carboxylic acids is 3. The van der Waals surface area contributed by atoms with E-state index >= 15 is 0 Å². The van der Waals surface area contributed by atoms with Crippen molar-refractivity contribution >= 4 is 17.8 Å². The summed E-state index contributed by atoms with van der Waals surface area (Å²) < 4.78 is 15.8. The predicted molar refractivity (Wildman–Crippen MR) is 98.7 cm³/mol. The van der Waals surface area contributed by atoms with Crippen LogP contribution in [0.2, 0.25) is 0 Å². The molecule has 1 unspecified atom stereocenters. The Hall–Kier alpha value is -3.29. The second kappa shape index (κ2) is 7.38. The quantitative estimate of drug-likeness (QED) is 0.580. The predicted octanol–water partition coefficient (Wildman–Crippen LogP) is 1.41. The molecule has 8 heteroatoms. The second-order valence-electron chi connectivity index (χ2n) is 6.52. The van der Waals surface area contributed by atoms with Crippen molar-refractivity contribution in [2.24, 2.45) is 5.73 Å². The minimum absolute atomic E-state index is 0.0128. The van der Waals surface area contributed by atoms with E-state index in [-0.39, 0.29) is 35.1 Å². The van der Waals surface area contributed by atoms with E-state index in [9.17, 15) is 14.4 Å². The number of benzene rings is 1. The highest BCUT2D eigenvalue weighted by molar-refractivity contribution is 6.17. The van der Waals surface area contributed by atoms with E-state index < -0.39 is 23.3 Å². The summed E-state index contributed by atoms with van der Waals surface area (Å²) in [5.41, 5.74) is 4.62. The molecule has 148 valence electrons. The third kappa shape index (κ3) is 2.72. The normalized spacial score (nSPS) is 20.6. The van der Waals surface area contributed by atoms with Crippen molar-refractivity contribution in [1.29, 1.82) is 0 Å². The van der Waals surface area contributed by atoms with Crippen molar-refractivity contribution in [2.45, 2.75) is 32.1 Å². The van der Waals surface area contributed by atoms with E-state index in [0.717, 1.165) is 6.42 Å². The molecule has 0 aliphatic carbocycles. The summed E-state index contributed by atoms with van der Waals surface area (Å²) >= 11 is 0. The lowest BCUT2D eigenvalue weighted by Crippen LogP contribution is -2.49. The SMILES string of the molecule is CCCCOC(=O)C1=C(N)Oc2ccccc2C12C(=O)NC(C)=C2C(=O)OC. The molecule has 1 aromatic carbocycles. The zero-order chi connectivity index (χ0) is 20.5. The molecule has 0 fully saturated rings. The van der Waals surface area contributed by atoms with Gasteiger partial charge in [0.15, 0.2) is 0 Å². The van der Waals surface area contributed by atoms with Crippen molar-refractivity contribution in [3.05, 3.63) is 52.6 Å². The van der Waals surface area contributed by atoms with Gasteiger partial charge in [0.2, 0.25) is 11.8 Å². The number of methoxy groups -OCH3 is 1. The van der Waals surface area contributed by atoms with Gasteiger partial charge < -0.3 is 25.3 Å². The second-order valence-corrected chi connectivity index (χ2v) is 6.52. The molecular weight excluding hydrogens is 364 g/mol. The number of ether oxygens (including phenoxy) is 3. The Balaban J connectivity index is 2.28. The van der Waals surface area contributed by atoms with E-state index in [2.05, 4.69) is 5.32 Å². The largest absolute Gasteiger partial charge is 0.466 e. The highest BCUT2D eigenvalue weighted by atomic mass is 16.5. The van der Waals surface area contributed by atoms with Crippen LogP contribution in [-0.4, -0.2) is 31.6 Å². The van der Waals surface area contributed by atoms with Crippen LogP contribution in [0.4, 0.5) is 0 Å². The number of para-hydroxylation sites is 1. The molecule has 1 atom stereocenters. The summed E-state index contributed by atoms with van der Waals surface area (Å²) in [5.74, 6) is -2.17. The zero-order valence-corrected chi connectivity index (χ0v) is 16.0. The van der Waals surface area contributed by atoms with Crippen molar-refractivity contribution in [3.8, 4) is 5.75 Å². The van der Waals surface area contributed by atoms with E-state index in [0.29, 0.717) is 12.0 Å². The Labute approximate surface area is 162 Å². The van der Waals surface area contributed by atoms with Crippen LogP contribution in [-0.2, 0) is 29.3 Å². The average molecular weight is 386 g/mol. The molecule has 2 heterocycles.